The molecule has 2 nitrogen and oxygen atoms in total. The van der Waals surface area contributed by atoms with Gasteiger partial charge < -0.3 is 9.47 Å². The molecule has 0 N–H and O–H groups in total. The van der Waals surface area contributed by atoms with Gasteiger partial charge in [0.25, 0.3) is 0 Å². The Balaban J connectivity index is 1.54. The number of ether oxygens (including phenoxy) is 2. The Morgan fingerprint density at radius 3 is 2.77 bits per heavy atom. The lowest BCUT2D eigenvalue weighted by molar-refractivity contribution is -0.0844. The summed E-state index contributed by atoms with van der Waals surface area (Å²) >= 11 is 0. The van der Waals surface area contributed by atoms with Crippen LogP contribution in [0.2, 0.25) is 0 Å². The van der Waals surface area contributed by atoms with Gasteiger partial charge in [-0.05, 0) is 30.8 Å². The Hall–Kier alpha value is -0.500. The van der Waals surface area contributed by atoms with Crippen LogP contribution in [0.25, 0.3) is 0 Å². The van der Waals surface area contributed by atoms with Crippen LogP contribution in [0.3, 0.4) is 0 Å². The molecule has 0 amide bonds. The maximum absolute atomic E-state index is 5.80. The third-order valence-corrected chi connectivity index (χ3v) is 3.49. The van der Waals surface area contributed by atoms with Crippen molar-refractivity contribution in [2.24, 2.45) is 5.92 Å². The molecule has 0 aromatic heterocycles. The molecule has 1 heterocycles. The van der Waals surface area contributed by atoms with Crippen LogP contribution in [0.4, 0.5) is 0 Å². The molecule has 2 aliphatic carbocycles. The lowest BCUT2D eigenvalue weighted by Gasteiger charge is -2.27. The quantitative estimate of drug-likeness (QED) is 0.663. The number of fused-ring (bicyclic) bond motifs is 2. The SMILES string of the molecule is C1CC(COC2=C3CCC(C3)C2)O1. The summed E-state index contributed by atoms with van der Waals surface area (Å²) in [5.41, 5.74) is 1.60. The molecule has 3 aliphatic rings. The molecule has 2 bridgehead atoms. The molecule has 2 heteroatoms. The number of rotatable bonds is 3. The fourth-order valence-corrected chi connectivity index (χ4v) is 2.54. The zero-order valence-electron chi connectivity index (χ0n) is 7.92. The van der Waals surface area contributed by atoms with Crippen molar-refractivity contribution in [3.63, 3.8) is 0 Å². The molecule has 2 fully saturated rings. The molecule has 1 saturated carbocycles. The summed E-state index contributed by atoms with van der Waals surface area (Å²) in [4.78, 5) is 0. The van der Waals surface area contributed by atoms with Gasteiger partial charge in [-0.1, -0.05) is 0 Å². The molecule has 0 spiro atoms. The van der Waals surface area contributed by atoms with Crippen LogP contribution in [0.15, 0.2) is 11.3 Å². The second kappa shape index (κ2) is 3.02. The molecule has 72 valence electrons. The topological polar surface area (TPSA) is 18.5 Å². The second-order valence-corrected chi connectivity index (χ2v) is 4.43. The van der Waals surface area contributed by atoms with Gasteiger partial charge in [0.15, 0.2) is 0 Å². The smallest absolute Gasteiger partial charge is 0.114 e. The fourth-order valence-electron chi connectivity index (χ4n) is 2.54. The highest BCUT2D eigenvalue weighted by molar-refractivity contribution is 5.21. The van der Waals surface area contributed by atoms with Crippen LogP contribution < -0.4 is 0 Å². The van der Waals surface area contributed by atoms with E-state index in [4.69, 9.17) is 9.47 Å². The minimum atomic E-state index is 0.396. The number of hydrogen-bond donors (Lipinski definition) is 0. The molecule has 1 aliphatic heterocycles. The first kappa shape index (κ1) is 7.86. The van der Waals surface area contributed by atoms with E-state index in [1.165, 1.54) is 37.9 Å². The molecule has 0 aromatic carbocycles. The summed E-state index contributed by atoms with van der Waals surface area (Å²) in [5, 5.41) is 0. The second-order valence-electron chi connectivity index (χ2n) is 4.43. The van der Waals surface area contributed by atoms with E-state index >= 15 is 0 Å². The maximum Gasteiger partial charge on any atom is 0.114 e. The average molecular weight is 180 g/mol. The van der Waals surface area contributed by atoms with Crippen LogP contribution >= 0.6 is 0 Å². The highest BCUT2D eigenvalue weighted by atomic mass is 16.5. The Morgan fingerprint density at radius 1 is 1.31 bits per heavy atom. The van der Waals surface area contributed by atoms with Gasteiger partial charge in [0.05, 0.1) is 11.9 Å². The monoisotopic (exact) mass is 180 g/mol. The Morgan fingerprint density at radius 2 is 2.23 bits per heavy atom. The van der Waals surface area contributed by atoms with Gasteiger partial charge in [-0.15, -0.1) is 0 Å². The largest absolute Gasteiger partial charge is 0.495 e. The van der Waals surface area contributed by atoms with Gasteiger partial charge in [-0.2, -0.15) is 0 Å². The molecular weight excluding hydrogens is 164 g/mol. The Labute approximate surface area is 78.9 Å². The molecule has 1 saturated heterocycles. The zero-order valence-corrected chi connectivity index (χ0v) is 7.92. The molecule has 2 atom stereocenters. The van der Waals surface area contributed by atoms with Gasteiger partial charge in [0.1, 0.15) is 6.61 Å². The third kappa shape index (κ3) is 1.37. The van der Waals surface area contributed by atoms with Crippen molar-refractivity contribution in [2.45, 2.75) is 38.2 Å². The van der Waals surface area contributed by atoms with Crippen molar-refractivity contribution in [3.8, 4) is 0 Å². The van der Waals surface area contributed by atoms with E-state index in [0.29, 0.717) is 6.10 Å². The first-order chi connectivity index (χ1) is 6.42. The van der Waals surface area contributed by atoms with Crippen LogP contribution in [-0.2, 0) is 9.47 Å². The van der Waals surface area contributed by atoms with Gasteiger partial charge >= 0.3 is 0 Å². The average Bonchev–Trinajstić information content (AvgIpc) is 2.61. The highest BCUT2D eigenvalue weighted by Gasteiger charge is 2.32. The van der Waals surface area contributed by atoms with Crippen molar-refractivity contribution in [1.82, 2.24) is 0 Å². The molecule has 0 aromatic rings. The van der Waals surface area contributed by atoms with E-state index < -0.39 is 0 Å². The molecule has 2 unspecified atom stereocenters. The number of hydrogen-bond acceptors (Lipinski definition) is 2. The summed E-state index contributed by atoms with van der Waals surface area (Å²) in [5.74, 6) is 2.24. The van der Waals surface area contributed by atoms with E-state index in [0.717, 1.165) is 19.1 Å². The fraction of sp³-hybridized carbons (Fsp3) is 0.818. The first-order valence-corrected chi connectivity index (χ1v) is 5.37. The maximum atomic E-state index is 5.80. The van der Waals surface area contributed by atoms with E-state index in [2.05, 4.69) is 0 Å². The minimum Gasteiger partial charge on any atom is -0.495 e. The van der Waals surface area contributed by atoms with Crippen molar-refractivity contribution in [2.75, 3.05) is 13.2 Å². The minimum absolute atomic E-state index is 0.396. The van der Waals surface area contributed by atoms with Crippen molar-refractivity contribution in [3.05, 3.63) is 11.3 Å². The highest BCUT2D eigenvalue weighted by Crippen LogP contribution is 2.44. The first-order valence-electron chi connectivity index (χ1n) is 5.37. The Kier molecular flexibility index (Phi) is 1.82. The standard InChI is InChI=1S/C11H16O2/c1-2-9-5-8(1)6-11(9)13-7-10-3-4-12-10/h8,10H,1-7H2. The van der Waals surface area contributed by atoms with Crippen molar-refractivity contribution < 1.29 is 9.47 Å². The normalized spacial score (nSPS) is 36.6. The predicted molar refractivity (Wildman–Crippen MR) is 49.3 cm³/mol. The van der Waals surface area contributed by atoms with Crippen LogP contribution in [0.5, 0.6) is 0 Å². The van der Waals surface area contributed by atoms with Gasteiger partial charge in [-0.3, -0.25) is 0 Å². The molecule has 3 rings (SSSR count). The summed E-state index contributed by atoms with van der Waals surface area (Å²) in [6, 6.07) is 0. The van der Waals surface area contributed by atoms with E-state index in [9.17, 15) is 0 Å². The third-order valence-electron chi connectivity index (χ3n) is 3.49. The summed E-state index contributed by atoms with van der Waals surface area (Å²) in [6.45, 7) is 1.73. The lowest BCUT2D eigenvalue weighted by atomic mass is 10.0. The summed E-state index contributed by atoms with van der Waals surface area (Å²) in [7, 11) is 0. The Bertz CT molecular complexity index is 240. The van der Waals surface area contributed by atoms with Crippen LogP contribution in [0.1, 0.15) is 32.1 Å². The van der Waals surface area contributed by atoms with Crippen molar-refractivity contribution >= 4 is 0 Å². The van der Waals surface area contributed by atoms with Crippen LogP contribution in [0, 0.1) is 5.92 Å². The van der Waals surface area contributed by atoms with Gasteiger partial charge in [-0.25, -0.2) is 0 Å². The van der Waals surface area contributed by atoms with Crippen LogP contribution in [-0.4, -0.2) is 19.3 Å². The van der Waals surface area contributed by atoms with E-state index in [1.807, 2.05) is 0 Å². The molecular formula is C11H16O2. The zero-order chi connectivity index (χ0) is 8.67. The summed E-state index contributed by atoms with van der Waals surface area (Å²) < 4.78 is 11.1. The lowest BCUT2D eigenvalue weighted by Crippen LogP contribution is -2.31. The van der Waals surface area contributed by atoms with Gasteiger partial charge in [0.2, 0.25) is 0 Å². The predicted octanol–water partition coefficient (Wildman–Crippen LogP) is 2.25. The van der Waals surface area contributed by atoms with Crippen molar-refractivity contribution in [1.29, 1.82) is 0 Å². The van der Waals surface area contributed by atoms with Gasteiger partial charge in [0, 0.05) is 19.4 Å². The number of allylic oxidation sites excluding steroid dienone is 2. The van der Waals surface area contributed by atoms with E-state index in [1.54, 1.807) is 5.57 Å². The molecule has 13 heavy (non-hydrogen) atoms. The van der Waals surface area contributed by atoms with E-state index in [-0.39, 0.29) is 0 Å². The summed E-state index contributed by atoms with van der Waals surface area (Å²) in [6.07, 6.45) is 6.81. The molecule has 0 radical (unpaired) electrons.